The second-order valence-corrected chi connectivity index (χ2v) is 5.44. The molecule has 3 atom stereocenters. The van der Waals surface area contributed by atoms with Gasteiger partial charge in [0.05, 0.1) is 11.5 Å². The van der Waals surface area contributed by atoms with Gasteiger partial charge in [-0.1, -0.05) is 6.42 Å². The molecule has 100 valence electrons. The number of alkyl halides is 3. The molecule has 0 radical (unpaired) electrons. The van der Waals surface area contributed by atoms with Crippen LogP contribution < -0.4 is 5.32 Å². The van der Waals surface area contributed by atoms with E-state index in [9.17, 15) is 18.3 Å². The van der Waals surface area contributed by atoms with Crippen LogP contribution in [0.4, 0.5) is 13.2 Å². The van der Waals surface area contributed by atoms with Gasteiger partial charge in [-0.05, 0) is 45.1 Å². The molecule has 3 unspecified atom stereocenters. The Labute approximate surface area is 99.6 Å². The van der Waals surface area contributed by atoms with Gasteiger partial charge < -0.3 is 10.4 Å². The first-order chi connectivity index (χ1) is 7.92. The van der Waals surface area contributed by atoms with Crippen LogP contribution in [0.25, 0.3) is 0 Å². The van der Waals surface area contributed by atoms with Gasteiger partial charge in [-0.25, -0.2) is 0 Å². The molecule has 2 fully saturated rings. The molecule has 0 aromatic rings. The van der Waals surface area contributed by atoms with Crippen LogP contribution in [0.1, 0.15) is 44.9 Å². The Morgan fingerprint density at radius 3 is 2.47 bits per heavy atom. The van der Waals surface area contributed by atoms with Gasteiger partial charge in [0.2, 0.25) is 0 Å². The molecule has 2 aliphatic rings. The van der Waals surface area contributed by atoms with E-state index in [1.54, 1.807) is 0 Å². The van der Waals surface area contributed by atoms with Crippen molar-refractivity contribution in [2.45, 2.75) is 62.8 Å². The number of aliphatic hydroxyl groups is 1. The maximum Gasteiger partial charge on any atom is 0.391 e. The summed E-state index contributed by atoms with van der Waals surface area (Å²) in [6, 6.07) is -0.151. The van der Waals surface area contributed by atoms with E-state index in [1.807, 2.05) is 0 Å². The number of hydrogen-bond acceptors (Lipinski definition) is 2. The lowest BCUT2D eigenvalue weighted by molar-refractivity contribution is -0.204. The minimum absolute atomic E-state index is 0.131. The zero-order valence-corrected chi connectivity index (χ0v) is 9.89. The van der Waals surface area contributed by atoms with E-state index < -0.39 is 17.7 Å². The van der Waals surface area contributed by atoms with Crippen molar-refractivity contribution in [3.63, 3.8) is 0 Å². The molecule has 2 rings (SSSR count). The highest BCUT2D eigenvalue weighted by Crippen LogP contribution is 2.43. The van der Waals surface area contributed by atoms with E-state index in [4.69, 9.17) is 0 Å². The maximum atomic E-state index is 12.7. The molecular weight excluding hydrogens is 231 g/mol. The molecule has 0 aromatic carbocycles. The fraction of sp³-hybridized carbons (Fsp3) is 1.00. The van der Waals surface area contributed by atoms with Crippen molar-refractivity contribution in [1.82, 2.24) is 5.32 Å². The average molecular weight is 251 g/mol. The van der Waals surface area contributed by atoms with Gasteiger partial charge in [-0.2, -0.15) is 13.2 Å². The van der Waals surface area contributed by atoms with Crippen molar-refractivity contribution in [3.8, 4) is 0 Å². The van der Waals surface area contributed by atoms with Gasteiger partial charge >= 0.3 is 6.18 Å². The van der Waals surface area contributed by atoms with Crippen molar-refractivity contribution in [2.24, 2.45) is 5.92 Å². The maximum absolute atomic E-state index is 12.7. The highest BCUT2D eigenvalue weighted by atomic mass is 19.4. The summed E-state index contributed by atoms with van der Waals surface area (Å²) in [5, 5.41) is 13.7. The van der Waals surface area contributed by atoms with Crippen LogP contribution in [0.2, 0.25) is 0 Å². The lowest BCUT2D eigenvalue weighted by Gasteiger charge is -2.44. The topological polar surface area (TPSA) is 32.3 Å². The monoisotopic (exact) mass is 251 g/mol. The van der Waals surface area contributed by atoms with Crippen LogP contribution in [-0.4, -0.2) is 29.5 Å². The van der Waals surface area contributed by atoms with Crippen molar-refractivity contribution in [2.75, 3.05) is 6.54 Å². The Bertz CT molecular complexity index is 263. The van der Waals surface area contributed by atoms with Crippen molar-refractivity contribution in [3.05, 3.63) is 0 Å². The number of nitrogens with one attached hydrogen (secondary N) is 1. The van der Waals surface area contributed by atoms with Crippen molar-refractivity contribution < 1.29 is 18.3 Å². The van der Waals surface area contributed by atoms with Crippen LogP contribution in [0.15, 0.2) is 0 Å². The molecule has 1 heterocycles. The van der Waals surface area contributed by atoms with Crippen LogP contribution in [-0.2, 0) is 0 Å². The number of piperidine rings is 1. The van der Waals surface area contributed by atoms with E-state index in [-0.39, 0.29) is 18.9 Å². The fourth-order valence-corrected chi connectivity index (χ4v) is 3.19. The quantitative estimate of drug-likeness (QED) is 0.751. The number of halogens is 3. The largest absolute Gasteiger partial charge is 0.391 e. The van der Waals surface area contributed by atoms with E-state index in [0.29, 0.717) is 12.8 Å². The fourth-order valence-electron chi connectivity index (χ4n) is 3.19. The third-order valence-electron chi connectivity index (χ3n) is 4.18. The van der Waals surface area contributed by atoms with Gasteiger partial charge in [0, 0.05) is 6.04 Å². The third-order valence-corrected chi connectivity index (χ3v) is 4.18. The molecule has 1 aliphatic carbocycles. The lowest BCUT2D eigenvalue weighted by Crippen LogP contribution is -2.56. The summed E-state index contributed by atoms with van der Waals surface area (Å²) >= 11 is 0. The Morgan fingerprint density at radius 2 is 1.88 bits per heavy atom. The first-order valence-corrected chi connectivity index (χ1v) is 6.44. The lowest BCUT2D eigenvalue weighted by atomic mass is 9.72. The smallest absolute Gasteiger partial charge is 0.388 e. The Morgan fingerprint density at radius 1 is 1.12 bits per heavy atom. The molecular formula is C12H20F3NO. The van der Waals surface area contributed by atoms with Crippen LogP contribution in [0.5, 0.6) is 0 Å². The molecule has 1 aliphatic heterocycles. The van der Waals surface area contributed by atoms with Crippen LogP contribution in [0, 0.1) is 5.92 Å². The number of hydrogen-bond donors (Lipinski definition) is 2. The predicted molar refractivity (Wildman–Crippen MR) is 58.6 cm³/mol. The molecule has 5 heteroatoms. The van der Waals surface area contributed by atoms with Gasteiger partial charge in [0.1, 0.15) is 0 Å². The van der Waals surface area contributed by atoms with E-state index in [2.05, 4.69) is 5.32 Å². The van der Waals surface area contributed by atoms with Crippen molar-refractivity contribution in [1.29, 1.82) is 0 Å². The molecule has 2 nitrogen and oxygen atoms in total. The highest BCUT2D eigenvalue weighted by Gasteiger charge is 2.49. The summed E-state index contributed by atoms with van der Waals surface area (Å²) in [7, 11) is 0. The summed E-state index contributed by atoms with van der Waals surface area (Å²) in [5.41, 5.74) is -1.15. The predicted octanol–water partition coefficient (Wildman–Crippen LogP) is 2.61. The molecule has 0 amide bonds. The molecule has 0 aromatic heterocycles. The van der Waals surface area contributed by atoms with Gasteiger partial charge in [0.15, 0.2) is 0 Å². The van der Waals surface area contributed by atoms with Crippen molar-refractivity contribution >= 4 is 0 Å². The second-order valence-electron chi connectivity index (χ2n) is 5.44. The molecule has 0 spiro atoms. The third kappa shape index (κ3) is 2.94. The Balaban J connectivity index is 2.03. The minimum Gasteiger partial charge on any atom is -0.388 e. The molecule has 0 bridgehead atoms. The molecule has 17 heavy (non-hydrogen) atoms. The summed E-state index contributed by atoms with van der Waals surface area (Å²) in [6.07, 6.45) is -0.321. The second kappa shape index (κ2) is 4.76. The van der Waals surface area contributed by atoms with E-state index in [1.165, 1.54) is 0 Å². The zero-order valence-electron chi connectivity index (χ0n) is 9.89. The van der Waals surface area contributed by atoms with Gasteiger partial charge in [-0.3, -0.25) is 0 Å². The highest BCUT2D eigenvalue weighted by molar-refractivity contribution is 4.98. The van der Waals surface area contributed by atoms with E-state index >= 15 is 0 Å². The first kappa shape index (κ1) is 13.1. The van der Waals surface area contributed by atoms with E-state index in [0.717, 1.165) is 25.8 Å². The molecule has 1 saturated heterocycles. The minimum atomic E-state index is -4.16. The molecule has 2 N–H and O–H groups in total. The standard InChI is InChI=1S/C12H20F3NO/c13-12(14,15)9-4-3-6-11(17,8-9)10-5-1-2-7-16-10/h9-10,16-17H,1-8H2. The molecule has 1 saturated carbocycles. The summed E-state index contributed by atoms with van der Waals surface area (Å²) in [4.78, 5) is 0. The Kier molecular flexibility index (Phi) is 3.69. The normalized spacial score (nSPS) is 40.2. The van der Waals surface area contributed by atoms with Gasteiger partial charge in [-0.15, -0.1) is 0 Å². The summed E-state index contributed by atoms with van der Waals surface area (Å²) in [6.45, 7) is 0.809. The average Bonchev–Trinajstić information content (AvgIpc) is 2.29. The summed E-state index contributed by atoms with van der Waals surface area (Å²) in [5.74, 6) is -1.33. The number of rotatable bonds is 1. The Hall–Kier alpha value is -0.290. The first-order valence-electron chi connectivity index (χ1n) is 6.44. The zero-order chi connectivity index (χ0) is 12.5. The van der Waals surface area contributed by atoms with Crippen LogP contribution in [0.3, 0.4) is 0 Å². The van der Waals surface area contributed by atoms with Crippen LogP contribution >= 0.6 is 0 Å². The van der Waals surface area contributed by atoms with Gasteiger partial charge in [0.25, 0.3) is 0 Å². The SMILES string of the molecule is OC1(C2CCCCN2)CCCC(C(F)(F)F)C1. The summed E-state index contributed by atoms with van der Waals surface area (Å²) < 4.78 is 38.2.